The molecule has 162 valence electrons. The first-order chi connectivity index (χ1) is 14.8. The first-order valence-electron chi connectivity index (χ1n) is 10.7. The van der Waals surface area contributed by atoms with Gasteiger partial charge in [0.2, 0.25) is 0 Å². The van der Waals surface area contributed by atoms with Crippen LogP contribution in [-0.2, 0) is 9.47 Å². The molecule has 2 unspecified atom stereocenters. The van der Waals surface area contributed by atoms with Crippen molar-refractivity contribution < 1.29 is 14.2 Å². The van der Waals surface area contributed by atoms with Crippen LogP contribution in [0.25, 0.3) is 0 Å². The maximum Gasteiger partial charge on any atom is 0.195 e. The Balaban J connectivity index is 1.60. The Hall–Kier alpha value is -2.57. The Morgan fingerprint density at radius 1 is 1.13 bits per heavy atom. The van der Waals surface area contributed by atoms with E-state index in [1.54, 1.807) is 7.11 Å². The Bertz CT molecular complexity index is 782. The van der Waals surface area contributed by atoms with Crippen LogP contribution < -0.4 is 15.4 Å². The molecule has 0 radical (unpaired) electrons. The van der Waals surface area contributed by atoms with Crippen molar-refractivity contribution in [3.8, 4) is 5.75 Å². The molecule has 0 saturated carbocycles. The highest BCUT2D eigenvalue weighted by Crippen LogP contribution is 2.34. The zero-order valence-electron chi connectivity index (χ0n) is 18.0. The SMILES string of the molecule is CCNC(=NCC1CCOC1c1ccccc1)Nc1cccc(OCCCOC)c1. The molecule has 6 heteroatoms. The molecule has 6 nitrogen and oxygen atoms in total. The van der Waals surface area contributed by atoms with E-state index in [9.17, 15) is 0 Å². The summed E-state index contributed by atoms with van der Waals surface area (Å²) in [6, 6.07) is 18.4. The first kappa shape index (κ1) is 22.1. The van der Waals surface area contributed by atoms with Crippen molar-refractivity contribution in [1.82, 2.24) is 5.32 Å². The van der Waals surface area contributed by atoms with Gasteiger partial charge in [0.25, 0.3) is 0 Å². The molecule has 0 bridgehead atoms. The maximum absolute atomic E-state index is 6.00. The molecule has 0 aliphatic carbocycles. The highest BCUT2D eigenvalue weighted by atomic mass is 16.5. The lowest BCUT2D eigenvalue weighted by Gasteiger charge is -2.18. The van der Waals surface area contributed by atoms with Gasteiger partial charge in [0.15, 0.2) is 5.96 Å². The van der Waals surface area contributed by atoms with Crippen LogP contribution in [0.5, 0.6) is 5.75 Å². The molecule has 0 spiro atoms. The molecular weight excluding hydrogens is 378 g/mol. The van der Waals surface area contributed by atoms with E-state index < -0.39 is 0 Å². The number of methoxy groups -OCH3 is 1. The standard InChI is InChI=1S/C24H33N3O3/c1-3-25-24(27-21-11-7-12-22(17-21)29-15-8-14-28-2)26-18-20-13-16-30-23(20)19-9-5-4-6-10-19/h4-7,9-12,17,20,23H,3,8,13-16,18H2,1-2H3,(H2,25,26,27). The van der Waals surface area contributed by atoms with Crippen molar-refractivity contribution in [3.63, 3.8) is 0 Å². The summed E-state index contributed by atoms with van der Waals surface area (Å²) in [5.41, 5.74) is 2.17. The fraction of sp³-hybridized carbons (Fsp3) is 0.458. The van der Waals surface area contributed by atoms with E-state index in [0.717, 1.165) is 43.4 Å². The summed E-state index contributed by atoms with van der Waals surface area (Å²) in [5, 5.41) is 6.72. The molecule has 3 rings (SSSR count). The minimum absolute atomic E-state index is 0.113. The van der Waals surface area contributed by atoms with E-state index in [-0.39, 0.29) is 6.10 Å². The van der Waals surface area contributed by atoms with Crippen LogP contribution in [0.2, 0.25) is 0 Å². The van der Waals surface area contributed by atoms with Gasteiger partial charge in [-0.15, -0.1) is 0 Å². The highest BCUT2D eigenvalue weighted by Gasteiger charge is 2.29. The Morgan fingerprint density at radius 2 is 2.00 bits per heavy atom. The number of aliphatic imine (C=N–C) groups is 1. The summed E-state index contributed by atoms with van der Waals surface area (Å²) in [6.45, 7) is 5.69. The molecule has 1 saturated heterocycles. The van der Waals surface area contributed by atoms with Crippen LogP contribution in [0, 0.1) is 5.92 Å². The number of rotatable bonds is 10. The molecule has 0 aromatic heterocycles. The number of nitrogens with zero attached hydrogens (tertiary/aromatic N) is 1. The number of benzene rings is 2. The molecule has 1 fully saturated rings. The summed E-state index contributed by atoms with van der Waals surface area (Å²) >= 11 is 0. The normalized spacial score (nSPS) is 18.9. The lowest BCUT2D eigenvalue weighted by molar-refractivity contribution is 0.0926. The fourth-order valence-corrected chi connectivity index (χ4v) is 3.54. The lowest BCUT2D eigenvalue weighted by Crippen LogP contribution is -2.31. The largest absolute Gasteiger partial charge is 0.493 e. The molecule has 1 aliphatic rings. The van der Waals surface area contributed by atoms with E-state index in [0.29, 0.717) is 25.7 Å². The zero-order valence-corrected chi connectivity index (χ0v) is 18.0. The molecule has 2 aromatic carbocycles. The zero-order chi connectivity index (χ0) is 21.0. The molecule has 2 atom stereocenters. The van der Waals surface area contributed by atoms with Gasteiger partial charge in [-0.3, -0.25) is 4.99 Å². The van der Waals surface area contributed by atoms with E-state index in [1.807, 2.05) is 30.3 Å². The van der Waals surface area contributed by atoms with Gasteiger partial charge in [-0.1, -0.05) is 36.4 Å². The van der Waals surface area contributed by atoms with Crippen molar-refractivity contribution in [2.24, 2.45) is 10.9 Å². The minimum atomic E-state index is 0.113. The number of nitrogens with one attached hydrogen (secondary N) is 2. The van der Waals surface area contributed by atoms with Crippen molar-refractivity contribution in [3.05, 3.63) is 60.2 Å². The van der Waals surface area contributed by atoms with Crippen molar-refractivity contribution >= 4 is 11.6 Å². The van der Waals surface area contributed by atoms with E-state index in [2.05, 4.69) is 41.8 Å². The van der Waals surface area contributed by atoms with Gasteiger partial charge in [-0.05, 0) is 31.0 Å². The van der Waals surface area contributed by atoms with Gasteiger partial charge < -0.3 is 24.8 Å². The second kappa shape index (κ2) is 12.2. The molecule has 1 aliphatic heterocycles. The van der Waals surface area contributed by atoms with Gasteiger partial charge in [0, 0.05) is 57.5 Å². The molecule has 2 N–H and O–H groups in total. The third kappa shape index (κ3) is 6.75. The summed E-state index contributed by atoms with van der Waals surface area (Å²) in [4.78, 5) is 4.84. The van der Waals surface area contributed by atoms with E-state index in [4.69, 9.17) is 19.2 Å². The van der Waals surface area contributed by atoms with E-state index in [1.165, 1.54) is 5.56 Å². The second-order valence-electron chi connectivity index (χ2n) is 7.32. The minimum Gasteiger partial charge on any atom is -0.493 e. The summed E-state index contributed by atoms with van der Waals surface area (Å²) in [7, 11) is 1.70. The third-order valence-electron chi connectivity index (χ3n) is 5.03. The highest BCUT2D eigenvalue weighted by molar-refractivity contribution is 5.93. The lowest BCUT2D eigenvalue weighted by atomic mass is 9.95. The van der Waals surface area contributed by atoms with Crippen molar-refractivity contribution in [1.29, 1.82) is 0 Å². The quantitative estimate of drug-likeness (QED) is 0.348. The van der Waals surface area contributed by atoms with Crippen LogP contribution in [0.4, 0.5) is 5.69 Å². The predicted molar refractivity (Wildman–Crippen MR) is 121 cm³/mol. The topological polar surface area (TPSA) is 64.1 Å². The number of hydrogen-bond donors (Lipinski definition) is 2. The number of guanidine groups is 1. The molecule has 1 heterocycles. The van der Waals surface area contributed by atoms with Gasteiger partial charge in [0.1, 0.15) is 5.75 Å². The molecule has 30 heavy (non-hydrogen) atoms. The molecule has 0 amide bonds. The monoisotopic (exact) mass is 411 g/mol. The van der Waals surface area contributed by atoms with Crippen LogP contribution in [0.15, 0.2) is 59.6 Å². The average molecular weight is 412 g/mol. The van der Waals surface area contributed by atoms with Gasteiger partial charge in [-0.25, -0.2) is 0 Å². The molecular formula is C24H33N3O3. The second-order valence-corrected chi connectivity index (χ2v) is 7.32. The van der Waals surface area contributed by atoms with Gasteiger partial charge in [0.05, 0.1) is 12.7 Å². The number of hydrogen-bond acceptors (Lipinski definition) is 4. The summed E-state index contributed by atoms with van der Waals surface area (Å²) in [5.74, 6) is 1.98. The van der Waals surface area contributed by atoms with Crippen molar-refractivity contribution in [2.45, 2.75) is 25.9 Å². The number of anilines is 1. The maximum atomic E-state index is 6.00. The smallest absolute Gasteiger partial charge is 0.195 e. The Kier molecular flexibility index (Phi) is 9.00. The van der Waals surface area contributed by atoms with Crippen LogP contribution in [-0.4, -0.2) is 46.0 Å². The van der Waals surface area contributed by atoms with Gasteiger partial charge >= 0.3 is 0 Å². The Labute approximate surface area is 179 Å². The van der Waals surface area contributed by atoms with Crippen LogP contribution in [0.1, 0.15) is 31.4 Å². The van der Waals surface area contributed by atoms with Crippen LogP contribution in [0.3, 0.4) is 0 Å². The average Bonchev–Trinajstić information content (AvgIpc) is 3.25. The van der Waals surface area contributed by atoms with Crippen molar-refractivity contribution in [2.75, 3.05) is 45.3 Å². The Morgan fingerprint density at radius 3 is 2.80 bits per heavy atom. The van der Waals surface area contributed by atoms with Gasteiger partial charge in [-0.2, -0.15) is 0 Å². The third-order valence-corrected chi connectivity index (χ3v) is 5.03. The molecule has 2 aromatic rings. The number of ether oxygens (including phenoxy) is 3. The fourth-order valence-electron chi connectivity index (χ4n) is 3.54. The summed E-state index contributed by atoms with van der Waals surface area (Å²) in [6.07, 6.45) is 2.00. The van der Waals surface area contributed by atoms with E-state index >= 15 is 0 Å². The first-order valence-corrected chi connectivity index (χ1v) is 10.7. The predicted octanol–water partition coefficient (Wildman–Crippen LogP) is 4.26. The van der Waals surface area contributed by atoms with Crippen LogP contribution >= 0.6 is 0 Å². The summed E-state index contributed by atoms with van der Waals surface area (Å²) < 4.78 is 16.9.